The van der Waals surface area contributed by atoms with Gasteiger partial charge in [0.05, 0.1) is 11.7 Å². The van der Waals surface area contributed by atoms with Gasteiger partial charge in [-0.1, -0.05) is 0 Å². The number of rotatable bonds is 2. The SMILES string of the molecule is Cc1cc(OC(C)C)ncc1C#N. The lowest BCUT2D eigenvalue weighted by atomic mass is 10.2. The van der Waals surface area contributed by atoms with E-state index in [2.05, 4.69) is 11.1 Å². The molecular weight excluding hydrogens is 164 g/mol. The van der Waals surface area contributed by atoms with Crippen molar-refractivity contribution in [2.45, 2.75) is 26.9 Å². The molecule has 0 atom stereocenters. The minimum Gasteiger partial charge on any atom is -0.475 e. The minimum absolute atomic E-state index is 0.111. The fourth-order valence-corrected chi connectivity index (χ4v) is 0.953. The third-order valence-electron chi connectivity index (χ3n) is 1.56. The number of pyridine rings is 1. The average molecular weight is 176 g/mol. The summed E-state index contributed by atoms with van der Waals surface area (Å²) in [5.74, 6) is 0.575. The first-order chi connectivity index (χ1) is 6.13. The van der Waals surface area contributed by atoms with Crippen molar-refractivity contribution in [1.82, 2.24) is 4.98 Å². The highest BCUT2D eigenvalue weighted by Crippen LogP contribution is 2.13. The largest absolute Gasteiger partial charge is 0.475 e. The van der Waals surface area contributed by atoms with Crippen LogP contribution in [0.1, 0.15) is 25.0 Å². The Labute approximate surface area is 78.0 Å². The Morgan fingerprint density at radius 2 is 2.23 bits per heavy atom. The lowest BCUT2D eigenvalue weighted by Gasteiger charge is -2.08. The van der Waals surface area contributed by atoms with E-state index in [1.165, 1.54) is 6.20 Å². The van der Waals surface area contributed by atoms with Gasteiger partial charge >= 0.3 is 0 Å². The highest BCUT2D eigenvalue weighted by Gasteiger charge is 2.02. The van der Waals surface area contributed by atoms with Crippen LogP contribution in [0.3, 0.4) is 0 Å². The summed E-state index contributed by atoms with van der Waals surface area (Å²) in [7, 11) is 0. The van der Waals surface area contributed by atoms with E-state index in [-0.39, 0.29) is 6.10 Å². The summed E-state index contributed by atoms with van der Waals surface area (Å²) in [6, 6.07) is 3.83. The van der Waals surface area contributed by atoms with Gasteiger partial charge < -0.3 is 4.74 Å². The first-order valence-electron chi connectivity index (χ1n) is 4.17. The monoisotopic (exact) mass is 176 g/mol. The highest BCUT2D eigenvalue weighted by atomic mass is 16.5. The summed E-state index contributed by atoms with van der Waals surface area (Å²) in [6.45, 7) is 5.75. The number of hydrogen-bond donors (Lipinski definition) is 0. The van der Waals surface area contributed by atoms with Gasteiger partial charge in [0.2, 0.25) is 5.88 Å². The van der Waals surface area contributed by atoms with Gasteiger partial charge in [-0.3, -0.25) is 0 Å². The first kappa shape index (κ1) is 9.53. The van der Waals surface area contributed by atoms with Gasteiger partial charge in [-0.05, 0) is 26.3 Å². The van der Waals surface area contributed by atoms with E-state index in [0.717, 1.165) is 5.56 Å². The lowest BCUT2D eigenvalue weighted by Crippen LogP contribution is -2.07. The normalized spacial score (nSPS) is 9.77. The van der Waals surface area contributed by atoms with Crippen LogP contribution in [0.5, 0.6) is 5.88 Å². The molecule has 0 aliphatic carbocycles. The number of aryl methyl sites for hydroxylation is 1. The maximum Gasteiger partial charge on any atom is 0.213 e. The van der Waals surface area contributed by atoms with E-state index in [4.69, 9.17) is 10.00 Å². The van der Waals surface area contributed by atoms with Crippen LogP contribution in [0.2, 0.25) is 0 Å². The Morgan fingerprint density at radius 1 is 1.54 bits per heavy atom. The smallest absolute Gasteiger partial charge is 0.213 e. The Bertz CT molecular complexity index is 339. The predicted molar refractivity (Wildman–Crippen MR) is 49.5 cm³/mol. The first-order valence-corrected chi connectivity index (χ1v) is 4.17. The van der Waals surface area contributed by atoms with E-state index in [9.17, 15) is 0 Å². The molecule has 0 amide bonds. The molecule has 1 aromatic rings. The number of nitriles is 1. The van der Waals surface area contributed by atoms with Crippen molar-refractivity contribution in [2.24, 2.45) is 0 Å². The molecule has 0 saturated heterocycles. The van der Waals surface area contributed by atoms with Crippen molar-refractivity contribution in [3.8, 4) is 11.9 Å². The van der Waals surface area contributed by atoms with Gasteiger partial charge in [0, 0.05) is 12.3 Å². The molecule has 0 aromatic carbocycles. The highest BCUT2D eigenvalue weighted by molar-refractivity contribution is 5.36. The Hall–Kier alpha value is -1.56. The molecule has 3 heteroatoms. The van der Waals surface area contributed by atoms with Crippen LogP contribution < -0.4 is 4.74 Å². The molecule has 1 rings (SSSR count). The van der Waals surface area contributed by atoms with Crippen LogP contribution in [-0.2, 0) is 0 Å². The van der Waals surface area contributed by atoms with E-state index < -0.39 is 0 Å². The molecule has 0 fully saturated rings. The zero-order valence-corrected chi connectivity index (χ0v) is 8.03. The second kappa shape index (κ2) is 3.90. The molecule has 1 heterocycles. The summed E-state index contributed by atoms with van der Waals surface area (Å²) in [5, 5.41) is 8.66. The summed E-state index contributed by atoms with van der Waals surface area (Å²) < 4.78 is 5.37. The lowest BCUT2D eigenvalue weighted by molar-refractivity contribution is 0.232. The van der Waals surface area contributed by atoms with Crippen molar-refractivity contribution >= 4 is 0 Å². The minimum atomic E-state index is 0.111. The second-order valence-corrected chi connectivity index (χ2v) is 3.12. The molecule has 0 aliphatic rings. The van der Waals surface area contributed by atoms with Gasteiger partial charge in [0.15, 0.2) is 0 Å². The molecule has 0 spiro atoms. The van der Waals surface area contributed by atoms with E-state index in [0.29, 0.717) is 11.4 Å². The molecule has 0 bridgehead atoms. The fraction of sp³-hybridized carbons (Fsp3) is 0.400. The molecule has 13 heavy (non-hydrogen) atoms. The quantitative estimate of drug-likeness (QED) is 0.692. The maximum absolute atomic E-state index is 8.66. The van der Waals surface area contributed by atoms with Crippen LogP contribution in [0.25, 0.3) is 0 Å². The number of hydrogen-bond acceptors (Lipinski definition) is 3. The summed E-state index contributed by atoms with van der Waals surface area (Å²) in [6.07, 6.45) is 1.65. The number of nitrogens with zero attached hydrogens (tertiary/aromatic N) is 2. The van der Waals surface area contributed by atoms with Crippen LogP contribution in [0, 0.1) is 18.3 Å². The third-order valence-corrected chi connectivity index (χ3v) is 1.56. The molecule has 0 unspecified atom stereocenters. The predicted octanol–water partition coefficient (Wildman–Crippen LogP) is 2.05. The van der Waals surface area contributed by atoms with Crippen LogP contribution in [0.15, 0.2) is 12.3 Å². The zero-order valence-electron chi connectivity index (χ0n) is 8.03. The van der Waals surface area contributed by atoms with Crippen molar-refractivity contribution < 1.29 is 4.74 Å². The summed E-state index contributed by atoms with van der Waals surface area (Å²) >= 11 is 0. The maximum atomic E-state index is 8.66. The molecule has 0 N–H and O–H groups in total. The Morgan fingerprint density at radius 3 is 2.69 bits per heavy atom. The van der Waals surface area contributed by atoms with Crippen molar-refractivity contribution in [3.63, 3.8) is 0 Å². The van der Waals surface area contributed by atoms with E-state index in [1.807, 2.05) is 20.8 Å². The van der Waals surface area contributed by atoms with E-state index in [1.54, 1.807) is 6.07 Å². The molecule has 0 saturated carbocycles. The summed E-state index contributed by atoms with van der Waals surface area (Å²) in [4.78, 5) is 4.01. The Kier molecular flexibility index (Phi) is 2.86. The van der Waals surface area contributed by atoms with Crippen LogP contribution >= 0.6 is 0 Å². The number of aromatic nitrogens is 1. The Balaban J connectivity index is 2.91. The fourth-order valence-electron chi connectivity index (χ4n) is 0.953. The van der Waals surface area contributed by atoms with E-state index >= 15 is 0 Å². The molecule has 68 valence electrons. The third kappa shape index (κ3) is 2.45. The zero-order chi connectivity index (χ0) is 9.84. The van der Waals surface area contributed by atoms with Crippen molar-refractivity contribution in [1.29, 1.82) is 5.26 Å². The van der Waals surface area contributed by atoms with Crippen molar-refractivity contribution in [2.75, 3.05) is 0 Å². The van der Waals surface area contributed by atoms with Gasteiger partial charge in [-0.15, -0.1) is 0 Å². The average Bonchev–Trinajstić information content (AvgIpc) is 2.03. The van der Waals surface area contributed by atoms with Gasteiger partial charge in [0.25, 0.3) is 0 Å². The standard InChI is InChI=1S/C10H12N2O/c1-7(2)13-10-4-8(3)9(5-11)6-12-10/h4,6-7H,1-3H3. The topological polar surface area (TPSA) is 45.9 Å². The summed E-state index contributed by atoms with van der Waals surface area (Å²) in [5.41, 5.74) is 1.49. The molecule has 0 aliphatic heterocycles. The van der Waals surface area contributed by atoms with Crippen LogP contribution in [-0.4, -0.2) is 11.1 Å². The second-order valence-electron chi connectivity index (χ2n) is 3.12. The molecular formula is C10H12N2O. The van der Waals surface area contributed by atoms with Gasteiger partial charge in [-0.2, -0.15) is 5.26 Å². The molecule has 1 aromatic heterocycles. The van der Waals surface area contributed by atoms with Crippen LogP contribution in [0.4, 0.5) is 0 Å². The molecule has 0 radical (unpaired) electrons. The van der Waals surface area contributed by atoms with Gasteiger partial charge in [0.1, 0.15) is 6.07 Å². The molecule has 3 nitrogen and oxygen atoms in total. The number of ether oxygens (including phenoxy) is 1. The van der Waals surface area contributed by atoms with Crippen molar-refractivity contribution in [3.05, 3.63) is 23.4 Å². The van der Waals surface area contributed by atoms with Gasteiger partial charge in [-0.25, -0.2) is 4.98 Å².